The molecule has 3 nitrogen and oxygen atoms in total. The zero-order valence-electron chi connectivity index (χ0n) is 13.0. The molecule has 1 unspecified atom stereocenters. The summed E-state index contributed by atoms with van der Waals surface area (Å²) in [6.07, 6.45) is 7.31. The van der Waals surface area contributed by atoms with E-state index < -0.39 is 6.10 Å². The smallest absolute Gasteiger partial charge is 0.0873 e. The molecule has 112 valence electrons. The van der Waals surface area contributed by atoms with Crippen molar-refractivity contribution in [1.29, 1.82) is 0 Å². The Bertz CT molecular complexity index is 416. The van der Waals surface area contributed by atoms with E-state index in [1.165, 1.54) is 0 Å². The molecule has 1 heterocycles. The lowest BCUT2D eigenvalue weighted by Crippen LogP contribution is -2.42. The topological polar surface area (TPSA) is 59.1 Å². The Labute approximate surface area is 122 Å². The van der Waals surface area contributed by atoms with Gasteiger partial charge in [0.05, 0.1) is 6.10 Å². The van der Waals surface area contributed by atoms with E-state index in [9.17, 15) is 5.11 Å². The molecule has 1 aromatic rings. The fourth-order valence-electron chi connectivity index (χ4n) is 3.54. The van der Waals surface area contributed by atoms with Crippen LogP contribution < -0.4 is 5.73 Å². The molecule has 1 saturated carbocycles. The largest absolute Gasteiger partial charge is 0.388 e. The molecule has 20 heavy (non-hydrogen) atoms. The van der Waals surface area contributed by atoms with Crippen LogP contribution in [0.4, 0.5) is 0 Å². The van der Waals surface area contributed by atoms with Crippen molar-refractivity contribution in [1.82, 2.24) is 4.98 Å². The van der Waals surface area contributed by atoms with Crippen LogP contribution >= 0.6 is 0 Å². The second-order valence-electron chi connectivity index (χ2n) is 7.40. The minimum atomic E-state index is -0.498. The van der Waals surface area contributed by atoms with Crippen molar-refractivity contribution in [2.24, 2.45) is 22.5 Å². The van der Waals surface area contributed by atoms with E-state index in [1.807, 2.05) is 12.1 Å². The molecule has 0 bridgehead atoms. The van der Waals surface area contributed by atoms with Crippen molar-refractivity contribution in [3.63, 3.8) is 0 Å². The quantitative estimate of drug-likeness (QED) is 0.890. The van der Waals surface area contributed by atoms with Crippen LogP contribution in [-0.2, 0) is 0 Å². The van der Waals surface area contributed by atoms with Gasteiger partial charge in [-0.2, -0.15) is 0 Å². The van der Waals surface area contributed by atoms with E-state index in [0.717, 1.165) is 37.2 Å². The first-order valence-corrected chi connectivity index (χ1v) is 7.67. The van der Waals surface area contributed by atoms with Gasteiger partial charge in [-0.25, -0.2) is 0 Å². The van der Waals surface area contributed by atoms with Crippen LogP contribution in [0.15, 0.2) is 24.5 Å². The summed E-state index contributed by atoms with van der Waals surface area (Å²) in [4.78, 5) is 4.12. The van der Waals surface area contributed by atoms with Crippen LogP contribution in [-0.4, -0.2) is 16.6 Å². The van der Waals surface area contributed by atoms with E-state index in [0.29, 0.717) is 12.0 Å². The number of nitrogens with two attached hydrogens (primary N) is 1. The van der Waals surface area contributed by atoms with Crippen LogP contribution in [0.5, 0.6) is 0 Å². The SMILES string of the molecule is CC(C)(C)C1CCC(CN)(C(O)c2cccnc2)CC1. The number of nitrogens with zero attached hydrogens (tertiary/aromatic N) is 1. The lowest BCUT2D eigenvalue weighted by molar-refractivity contribution is -0.0235. The van der Waals surface area contributed by atoms with E-state index in [4.69, 9.17) is 5.73 Å². The molecule has 0 radical (unpaired) electrons. The Morgan fingerprint density at radius 1 is 1.40 bits per heavy atom. The van der Waals surface area contributed by atoms with Crippen LogP contribution in [0.1, 0.15) is 58.1 Å². The van der Waals surface area contributed by atoms with E-state index in [2.05, 4.69) is 25.8 Å². The first-order valence-electron chi connectivity index (χ1n) is 7.67. The van der Waals surface area contributed by atoms with Gasteiger partial charge >= 0.3 is 0 Å². The molecule has 0 aromatic carbocycles. The van der Waals surface area contributed by atoms with Crippen molar-refractivity contribution >= 4 is 0 Å². The molecule has 1 atom stereocenters. The van der Waals surface area contributed by atoms with Crippen molar-refractivity contribution < 1.29 is 5.11 Å². The molecular weight excluding hydrogens is 248 g/mol. The number of aliphatic hydroxyl groups excluding tert-OH is 1. The minimum absolute atomic E-state index is 0.176. The van der Waals surface area contributed by atoms with E-state index in [1.54, 1.807) is 12.4 Å². The standard InChI is InChI=1S/C17H28N2O/c1-16(2,3)14-6-8-17(12-18,9-7-14)15(20)13-5-4-10-19-11-13/h4-5,10-11,14-15,20H,6-9,12,18H2,1-3H3. The summed E-state index contributed by atoms with van der Waals surface area (Å²) >= 11 is 0. The normalized spacial score (nSPS) is 29.1. The lowest BCUT2D eigenvalue weighted by atomic mass is 9.61. The van der Waals surface area contributed by atoms with Crippen molar-refractivity contribution in [2.75, 3.05) is 6.54 Å². The molecule has 0 spiro atoms. The molecule has 1 aliphatic carbocycles. The first-order chi connectivity index (χ1) is 9.39. The lowest BCUT2D eigenvalue weighted by Gasteiger charge is -2.46. The van der Waals surface area contributed by atoms with Crippen LogP contribution in [0.3, 0.4) is 0 Å². The van der Waals surface area contributed by atoms with Gasteiger partial charge in [-0.05, 0) is 48.6 Å². The highest BCUT2D eigenvalue weighted by Crippen LogP contribution is 2.50. The summed E-state index contributed by atoms with van der Waals surface area (Å²) in [7, 11) is 0. The number of pyridine rings is 1. The van der Waals surface area contributed by atoms with Gasteiger partial charge in [-0.1, -0.05) is 26.8 Å². The highest BCUT2D eigenvalue weighted by atomic mass is 16.3. The van der Waals surface area contributed by atoms with Crippen molar-refractivity contribution in [2.45, 2.75) is 52.6 Å². The van der Waals surface area contributed by atoms with Gasteiger partial charge < -0.3 is 10.8 Å². The van der Waals surface area contributed by atoms with Gasteiger partial charge in [-0.15, -0.1) is 0 Å². The third-order valence-electron chi connectivity index (χ3n) is 5.19. The molecule has 0 aliphatic heterocycles. The van der Waals surface area contributed by atoms with Gasteiger partial charge in [0.25, 0.3) is 0 Å². The van der Waals surface area contributed by atoms with Gasteiger partial charge in [0.1, 0.15) is 0 Å². The number of hydrogen-bond acceptors (Lipinski definition) is 3. The van der Waals surface area contributed by atoms with Crippen LogP contribution in [0, 0.1) is 16.7 Å². The predicted molar refractivity (Wildman–Crippen MR) is 82.1 cm³/mol. The fraction of sp³-hybridized carbons (Fsp3) is 0.706. The maximum atomic E-state index is 10.8. The Balaban J connectivity index is 2.13. The molecule has 2 rings (SSSR count). The first kappa shape index (κ1) is 15.5. The number of aromatic nitrogens is 1. The van der Waals surface area contributed by atoms with Crippen LogP contribution in [0.2, 0.25) is 0 Å². The highest BCUT2D eigenvalue weighted by molar-refractivity contribution is 5.16. The fourth-order valence-corrected chi connectivity index (χ4v) is 3.54. The predicted octanol–water partition coefficient (Wildman–Crippen LogP) is 3.30. The van der Waals surface area contributed by atoms with E-state index >= 15 is 0 Å². The monoisotopic (exact) mass is 276 g/mol. The third-order valence-corrected chi connectivity index (χ3v) is 5.19. The maximum absolute atomic E-state index is 10.8. The zero-order valence-corrected chi connectivity index (χ0v) is 13.0. The summed E-state index contributed by atoms with van der Waals surface area (Å²) in [5.74, 6) is 0.725. The number of rotatable bonds is 3. The summed E-state index contributed by atoms with van der Waals surface area (Å²) in [6.45, 7) is 7.47. The Morgan fingerprint density at radius 2 is 2.05 bits per heavy atom. The zero-order chi connectivity index (χ0) is 14.8. The van der Waals surface area contributed by atoms with Crippen molar-refractivity contribution in [3.8, 4) is 0 Å². The van der Waals surface area contributed by atoms with Gasteiger partial charge in [0.15, 0.2) is 0 Å². The summed E-state index contributed by atoms with van der Waals surface area (Å²) < 4.78 is 0. The van der Waals surface area contributed by atoms with Gasteiger partial charge in [0, 0.05) is 24.4 Å². The van der Waals surface area contributed by atoms with Crippen molar-refractivity contribution in [3.05, 3.63) is 30.1 Å². The molecule has 1 fully saturated rings. The Kier molecular flexibility index (Phi) is 4.50. The minimum Gasteiger partial charge on any atom is -0.388 e. The molecule has 3 N–H and O–H groups in total. The van der Waals surface area contributed by atoms with Crippen LogP contribution in [0.25, 0.3) is 0 Å². The molecule has 0 amide bonds. The second kappa shape index (κ2) is 5.82. The molecule has 1 aromatic heterocycles. The number of hydrogen-bond donors (Lipinski definition) is 2. The number of aliphatic hydroxyl groups is 1. The third kappa shape index (κ3) is 3.04. The van der Waals surface area contributed by atoms with E-state index in [-0.39, 0.29) is 5.41 Å². The summed E-state index contributed by atoms with van der Waals surface area (Å²) in [6, 6.07) is 3.83. The molecule has 1 aliphatic rings. The Hall–Kier alpha value is -0.930. The molecular formula is C17H28N2O. The van der Waals surface area contributed by atoms with Gasteiger partial charge in [-0.3, -0.25) is 4.98 Å². The molecule has 0 saturated heterocycles. The Morgan fingerprint density at radius 3 is 2.50 bits per heavy atom. The average molecular weight is 276 g/mol. The summed E-state index contributed by atoms with van der Waals surface area (Å²) in [5, 5.41) is 10.8. The molecule has 3 heteroatoms. The maximum Gasteiger partial charge on any atom is 0.0873 e. The second-order valence-corrected chi connectivity index (χ2v) is 7.40. The van der Waals surface area contributed by atoms with Gasteiger partial charge in [0.2, 0.25) is 0 Å². The average Bonchev–Trinajstić information content (AvgIpc) is 2.46. The summed E-state index contributed by atoms with van der Waals surface area (Å²) in [5.41, 5.74) is 7.12. The highest BCUT2D eigenvalue weighted by Gasteiger charge is 2.43.